The molecule has 178 valence electrons. The Kier molecular flexibility index (Phi) is 7.70. The molecule has 0 amide bonds. The summed E-state index contributed by atoms with van der Waals surface area (Å²) in [5.41, 5.74) is 1.78. The summed E-state index contributed by atoms with van der Waals surface area (Å²) in [5, 5.41) is 34.6. The van der Waals surface area contributed by atoms with Crippen molar-refractivity contribution in [2.75, 3.05) is 0 Å². The van der Waals surface area contributed by atoms with Crippen LogP contribution in [0.3, 0.4) is 0 Å². The molecule has 0 saturated heterocycles. The Hall–Kier alpha value is -3.28. The minimum atomic E-state index is -2.03. The Balaban J connectivity index is 2.34. The first-order valence-corrected chi connectivity index (χ1v) is 11.4. The van der Waals surface area contributed by atoms with E-state index in [1.807, 2.05) is 62.4 Å². The Morgan fingerprint density at radius 2 is 1.56 bits per heavy atom. The van der Waals surface area contributed by atoms with Gasteiger partial charge in [-0.05, 0) is 48.6 Å². The van der Waals surface area contributed by atoms with Crippen LogP contribution in [0.1, 0.15) is 47.7 Å². The fourth-order valence-corrected chi connectivity index (χ4v) is 4.98. The average Bonchev–Trinajstić information content (AvgIpc) is 2.78. The molecule has 0 aliphatic heterocycles. The van der Waals surface area contributed by atoms with Gasteiger partial charge < -0.3 is 15.3 Å². The van der Waals surface area contributed by atoms with Crippen LogP contribution in [-0.2, 0) is 10.4 Å². The van der Waals surface area contributed by atoms with Crippen LogP contribution in [0.5, 0.6) is 0 Å². The molecule has 0 aliphatic rings. The van der Waals surface area contributed by atoms with Gasteiger partial charge in [-0.3, -0.25) is 9.78 Å². The molecule has 0 saturated carbocycles. The molecule has 1 aromatic heterocycles. The van der Waals surface area contributed by atoms with Crippen molar-refractivity contribution in [1.29, 1.82) is 0 Å². The van der Waals surface area contributed by atoms with Crippen molar-refractivity contribution in [2.45, 2.75) is 45.3 Å². The SMILES string of the molecule is C=C(c1ccccc1)C(O)C(c1cc(C)cc(C)c1)C(O)(c1ccccn1)C(C(=O)O)C(C)C. The Morgan fingerprint density at radius 3 is 2.06 bits per heavy atom. The predicted molar refractivity (Wildman–Crippen MR) is 134 cm³/mol. The normalized spacial score (nSPS) is 15.9. The Bertz CT molecular complexity index is 1120. The number of aromatic nitrogens is 1. The van der Waals surface area contributed by atoms with E-state index < -0.39 is 35.4 Å². The molecule has 0 aliphatic carbocycles. The predicted octanol–water partition coefficient (Wildman–Crippen LogP) is 5.10. The first-order valence-electron chi connectivity index (χ1n) is 11.4. The highest BCUT2D eigenvalue weighted by molar-refractivity contribution is 5.74. The molecule has 3 aromatic rings. The van der Waals surface area contributed by atoms with Gasteiger partial charge in [0, 0.05) is 12.1 Å². The van der Waals surface area contributed by atoms with Crippen molar-refractivity contribution < 1.29 is 20.1 Å². The van der Waals surface area contributed by atoms with E-state index in [2.05, 4.69) is 11.6 Å². The van der Waals surface area contributed by atoms with Crippen LogP contribution in [0.2, 0.25) is 0 Å². The van der Waals surface area contributed by atoms with Gasteiger partial charge in [0.15, 0.2) is 0 Å². The molecule has 5 heteroatoms. The molecule has 4 unspecified atom stereocenters. The number of aryl methyl sites for hydroxylation is 2. The molecule has 3 N–H and O–H groups in total. The minimum Gasteiger partial charge on any atom is -0.481 e. The molecule has 1 heterocycles. The number of nitrogens with zero attached hydrogens (tertiary/aromatic N) is 1. The number of carboxylic acids is 1. The van der Waals surface area contributed by atoms with E-state index in [0.29, 0.717) is 16.7 Å². The molecule has 0 bridgehead atoms. The lowest BCUT2D eigenvalue weighted by Crippen LogP contribution is -2.51. The van der Waals surface area contributed by atoms with Gasteiger partial charge in [-0.2, -0.15) is 0 Å². The van der Waals surface area contributed by atoms with E-state index in [0.717, 1.165) is 11.1 Å². The number of aliphatic carboxylic acids is 1. The zero-order valence-electron chi connectivity index (χ0n) is 20.1. The van der Waals surface area contributed by atoms with Gasteiger partial charge in [0.2, 0.25) is 0 Å². The summed E-state index contributed by atoms with van der Waals surface area (Å²) in [4.78, 5) is 17.0. The van der Waals surface area contributed by atoms with Crippen molar-refractivity contribution in [1.82, 2.24) is 4.98 Å². The molecule has 3 rings (SSSR count). The quantitative estimate of drug-likeness (QED) is 0.414. The van der Waals surface area contributed by atoms with Gasteiger partial charge in [-0.1, -0.05) is 86.2 Å². The van der Waals surface area contributed by atoms with E-state index in [1.54, 1.807) is 32.0 Å². The molecule has 5 nitrogen and oxygen atoms in total. The van der Waals surface area contributed by atoms with Gasteiger partial charge in [0.05, 0.1) is 17.7 Å². The number of carbonyl (C=O) groups is 1. The van der Waals surface area contributed by atoms with Crippen molar-refractivity contribution in [3.05, 3.63) is 107 Å². The maximum absolute atomic E-state index is 12.6. The number of rotatable bonds is 9. The van der Waals surface area contributed by atoms with Crippen molar-refractivity contribution in [2.24, 2.45) is 11.8 Å². The lowest BCUT2D eigenvalue weighted by molar-refractivity contribution is -0.163. The molecule has 0 radical (unpaired) electrons. The van der Waals surface area contributed by atoms with Crippen LogP contribution in [-0.4, -0.2) is 32.4 Å². The van der Waals surface area contributed by atoms with E-state index in [4.69, 9.17) is 0 Å². The molecule has 0 fully saturated rings. The first-order chi connectivity index (χ1) is 16.1. The first kappa shape index (κ1) is 25.3. The van der Waals surface area contributed by atoms with Gasteiger partial charge in [-0.25, -0.2) is 0 Å². The standard InChI is InChI=1S/C29H33NO4/c1-18(2)25(28(32)33)29(34,24-13-9-10-14-30-24)26(23-16-19(3)15-20(4)17-23)27(31)21(5)22-11-7-6-8-12-22/h6-18,25-27,31,34H,5H2,1-4H3,(H,32,33). The smallest absolute Gasteiger partial charge is 0.310 e. The average molecular weight is 460 g/mol. The molecule has 34 heavy (non-hydrogen) atoms. The van der Waals surface area contributed by atoms with Crippen molar-refractivity contribution in [3.8, 4) is 0 Å². The second kappa shape index (κ2) is 10.3. The molecular formula is C29H33NO4. The van der Waals surface area contributed by atoms with Crippen LogP contribution in [0.4, 0.5) is 0 Å². The monoisotopic (exact) mass is 459 g/mol. The third-order valence-electron chi connectivity index (χ3n) is 6.38. The van der Waals surface area contributed by atoms with Crippen LogP contribution in [0.15, 0.2) is 79.5 Å². The van der Waals surface area contributed by atoms with E-state index in [-0.39, 0.29) is 5.69 Å². The molecule has 2 aromatic carbocycles. The number of hydrogen-bond donors (Lipinski definition) is 3. The maximum Gasteiger partial charge on any atom is 0.310 e. The van der Waals surface area contributed by atoms with Crippen LogP contribution >= 0.6 is 0 Å². The van der Waals surface area contributed by atoms with Gasteiger partial charge in [0.1, 0.15) is 5.60 Å². The highest BCUT2D eigenvalue weighted by Crippen LogP contribution is 2.49. The summed E-state index contributed by atoms with van der Waals surface area (Å²) in [7, 11) is 0. The second-order valence-electron chi connectivity index (χ2n) is 9.34. The van der Waals surface area contributed by atoms with Crippen LogP contribution in [0, 0.1) is 25.7 Å². The van der Waals surface area contributed by atoms with E-state index >= 15 is 0 Å². The van der Waals surface area contributed by atoms with Gasteiger partial charge in [0.25, 0.3) is 0 Å². The molecular weight excluding hydrogens is 426 g/mol. The van der Waals surface area contributed by atoms with Crippen molar-refractivity contribution >= 4 is 11.5 Å². The van der Waals surface area contributed by atoms with Gasteiger partial charge >= 0.3 is 5.97 Å². The zero-order valence-corrected chi connectivity index (χ0v) is 20.1. The fourth-order valence-electron chi connectivity index (χ4n) is 4.98. The number of aliphatic hydroxyl groups is 2. The maximum atomic E-state index is 12.6. The molecule has 0 spiro atoms. The fraction of sp³-hybridized carbons (Fsp3) is 0.310. The topological polar surface area (TPSA) is 90.7 Å². The lowest BCUT2D eigenvalue weighted by atomic mass is 9.64. The Labute approximate surface area is 201 Å². The minimum absolute atomic E-state index is 0.195. The third-order valence-corrected chi connectivity index (χ3v) is 6.38. The molecule has 4 atom stereocenters. The summed E-state index contributed by atoms with van der Waals surface area (Å²) in [6, 6.07) is 20.0. The summed E-state index contributed by atoms with van der Waals surface area (Å²) < 4.78 is 0. The number of pyridine rings is 1. The van der Waals surface area contributed by atoms with Crippen molar-refractivity contribution in [3.63, 3.8) is 0 Å². The number of benzene rings is 2. The van der Waals surface area contributed by atoms with E-state index in [1.165, 1.54) is 6.20 Å². The number of carboxylic acid groups (broad SMARTS) is 1. The van der Waals surface area contributed by atoms with Crippen LogP contribution < -0.4 is 0 Å². The summed E-state index contributed by atoms with van der Waals surface area (Å²) in [6.07, 6.45) is 0.243. The lowest BCUT2D eigenvalue weighted by Gasteiger charge is -2.44. The summed E-state index contributed by atoms with van der Waals surface area (Å²) >= 11 is 0. The highest BCUT2D eigenvalue weighted by Gasteiger charge is 2.54. The van der Waals surface area contributed by atoms with E-state index in [9.17, 15) is 20.1 Å². The van der Waals surface area contributed by atoms with Crippen LogP contribution in [0.25, 0.3) is 5.57 Å². The zero-order chi connectivity index (χ0) is 25.0. The second-order valence-corrected chi connectivity index (χ2v) is 9.34. The third kappa shape index (κ3) is 4.96. The van der Waals surface area contributed by atoms with Gasteiger partial charge in [-0.15, -0.1) is 0 Å². The number of hydrogen-bond acceptors (Lipinski definition) is 4. The Morgan fingerprint density at radius 1 is 0.971 bits per heavy atom. The number of aliphatic hydroxyl groups excluding tert-OH is 1. The summed E-state index contributed by atoms with van der Waals surface area (Å²) in [6.45, 7) is 11.5. The highest BCUT2D eigenvalue weighted by atomic mass is 16.4. The largest absolute Gasteiger partial charge is 0.481 e. The summed E-state index contributed by atoms with van der Waals surface area (Å²) in [5.74, 6) is -3.89.